The summed E-state index contributed by atoms with van der Waals surface area (Å²) in [5.74, 6) is 0.0408. The van der Waals surface area contributed by atoms with Crippen LogP contribution in [0.5, 0.6) is 0 Å². The Bertz CT molecular complexity index is 529. The molecule has 41 heavy (non-hydrogen) atoms. The summed E-state index contributed by atoms with van der Waals surface area (Å²) < 4.78 is 31.1. The lowest BCUT2D eigenvalue weighted by Gasteiger charge is -2.18. The highest BCUT2D eigenvalue weighted by molar-refractivity contribution is 5.78. The van der Waals surface area contributed by atoms with Crippen LogP contribution in [0.1, 0.15) is 143 Å². The Kier molecular flexibility index (Phi) is 31.6. The van der Waals surface area contributed by atoms with Gasteiger partial charge >= 0.3 is 0 Å². The van der Waals surface area contributed by atoms with E-state index in [4.69, 9.17) is 14.2 Å². The van der Waals surface area contributed by atoms with E-state index in [-0.39, 0.29) is 24.8 Å². The van der Waals surface area contributed by atoms with Gasteiger partial charge < -0.3 is 24.8 Å². The minimum atomic E-state index is -1.09. The monoisotopic (exact) mass is 589 g/mol. The second-order valence-electron chi connectivity index (χ2n) is 11.7. The van der Waals surface area contributed by atoms with E-state index in [1.165, 1.54) is 83.5 Å². The fourth-order valence-electron chi connectivity index (χ4n) is 5.03. The largest absolute Gasteiger partial charge is 0.379 e. The first-order chi connectivity index (χ1) is 20.1. The molecule has 0 fully saturated rings. The molecule has 0 aromatic rings. The molecule has 0 rings (SSSR count). The number of halogens is 1. The zero-order valence-corrected chi connectivity index (χ0v) is 27.6. The number of carbonyl (C=O) groups is 1. The average molecular weight is 589 g/mol. The molecule has 0 aromatic heterocycles. The molecule has 2 N–H and O–H groups in total. The molecule has 0 spiro atoms. The van der Waals surface area contributed by atoms with E-state index in [1.807, 2.05) is 0 Å². The van der Waals surface area contributed by atoms with Crippen LogP contribution < -0.4 is 10.6 Å². The average Bonchev–Trinajstić information content (AvgIpc) is 2.98. The molecule has 0 aliphatic rings. The lowest BCUT2D eigenvalue weighted by molar-refractivity contribution is -0.125. The summed E-state index contributed by atoms with van der Waals surface area (Å²) in [5, 5.41) is 6.52. The van der Waals surface area contributed by atoms with E-state index < -0.39 is 6.17 Å². The van der Waals surface area contributed by atoms with E-state index in [1.54, 1.807) is 0 Å². The number of nitrogens with one attached hydrogen (secondary N) is 2. The van der Waals surface area contributed by atoms with Gasteiger partial charge in [-0.25, -0.2) is 4.39 Å². The second-order valence-corrected chi connectivity index (χ2v) is 11.7. The maximum Gasteiger partial charge on any atom is 0.223 e. The predicted octanol–water partition coefficient (Wildman–Crippen LogP) is 8.17. The van der Waals surface area contributed by atoms with Crippen molar-refractivity contribution in [2.24, 2.45) is 5.92 Å². The smallest absolute Gasteiger partial charge is 0.223 e. The standard InChI is InChI=1S/C34H69FN2O4/c1-5-9-13-16-18-31(19-17-14-10-6-2)34(38)37-30-32(35)22-24-39-26-28-41-29-27-40-25-23-36-33(20-12-8-4)21-15-11-7-3/h31-33,36H,5-30H2,1-4H3,(H,37,38). The fraction of sp³-hybridized carbons (Fsp3) is 0.971. The fourth-order valence-corrected chi connectivity index (χ4v) is 5.03. The molecule has 0 saturated carbocycles. The van der Waals surface area contributed by atoms with Crippen molar-refractivity contribution in [1.82, 2.24) is 10.6 Å². The van der Waals surface area contributed by atoms with Crippen LogP contribution in [-0.4, -0.2) is 70.9 Å². The summed E-state index contributed by atoms with van der Waals surface area (Å²) in [4.78, 5) is 12.7. The first-order valence-electron chi connectivity index (χ1n) is 17.5. The molecule has 0 aromatic carbocycles. The van der Waals surface area contributed by atoms with Crippen molar-refractivity contribution in [2.75, 3.05) is 52.7 Å². The molecule has 0 bridgehead atoms. The first kappa shape index (κ1) is 40.2. The van der Waals surface area contributed by atoms with Gasteiger partial charge in [0, 0.05) is 38.1 Å². The topological polar surface area (TPSA) is 68.8 Å². The number of hydrogen-bond donors (Lipinski definition) is 2. The number of unbranched alkanes of at least 4 members (excludes halogenated alkanes) is 9. The lowest BCUT2D eigenvalue weighted by atomic mass is 9.93. The van der Waals surface area contributed by atoms with Crippen molar-refractivity contribution < 1.29 is 23.4 Å². The molecule has 6 nitrogen and oxygen atoms in total. The Morgan fingerprint density at radius 2 is 1.07 bits per heavy atom. The lowest BCUT2D eigenvalue weighted by Crippen LogP contribution is -2.35. The van der Waals surface area contributed by atoms with Gasteiger partial charge in [0.05, 0.1) is 33.0 Å². The van der Waals surface area contributed by atoms with Crippen LogP contribution >= 0.6 is 0 Å². The number of amides is 1. The number of hydrogen-bond acceptors (Lipinski definition) is 5. The predicted molar refractivity (Wildman–Crippen MR) is 171 cm³/mol. The summed E-state index contributed by atoms with van der Waals surface area (Å²) >= 11 is 0. The maximum absolute atomic E-state index is 14.3. The van der Waals surface area contributed by atoms with Crippen molar-refractivity contribution in [3.8, 4) is 0 Å². The van der Waals surface area contributed by atoms with Gasteiger partial charge in [0.25, 0.3) is 0 Å². The molecule has 246 valence electrons. The van der Waals surface area contributed by atoms with Gasteiger partial charge in [-0.15, -0.1) is 0 Å². The van der Waals surface area contributed by atoms with Crippen molar-refractivity contribution in [3.05, 3.63) is 0 Å². The van der Waals surface area contributed by atoms with Crippen LogP contribution in [0.15, 0.2) is 0 Å². The zero-order valence-electron chi connectivity index (χ0n) is 27.6. The van der Waals surface area contributed by atoms with Crippen molar-refractivity contribution in [3.63, 3.8) is 0 Å². The van der Waals surface area contributed by atoms with E-state index in [0.29, 0.717) is 45.7 Å². The van der Waals surface area contributed by atoms with Gasteiger partial charge in [0.1, 0.15) is 6.17 Å². The molecule has 0 aliphatic carbocycles. The normalized spacial score (nSPS) is 13.1. The number of carbonyl (C=O) groups excluding carboxylic acids is 1. The number of rotatable bonds is 33. The maximum atomic E-state index is 14.3. The molecule has 2 atom stereocenters. The quantitative estimate of drug-likeness (QED) is 0.0757. The Morgan fingerprint density at radius 1 is 0.585 bits per heavy atom. The molecule has 0 heterocycles. The Balaban J connectivity index is 3.80. The Morgan fingerprint density at radius 3 is 1.66 bits per heavy atom. The van der Waals surface area contributed by atoms with Crippen LogP contribution in [0, 0.1) is 5.92 Å². The van der Waals surface area contributed by atoms with Crippen LogP contribution in [0.2, 0.25) is 0 Å². The summed E-state index contributed by atoms with van der Waals surface area (Å²) in [7, 11) is 0. The molecule has 0 radical (unpaired) electrons. The van der Waals surface area contributed by atoms with Crippen LogP contribution in [0.4, 0.5) is 4.39 Å². The highest BCUT2D eigenvalue weighted by Crippen LogP contribution is 2.19. The highest BCUT2D eigenvalue weighted by atomic mass is 19.1. The van der Waals surface area contributed by atoms with Crippen molar-refractivity contribution in [2.45, 2.75) is 155 Å². The van der Waals surface area contributed by atoms with Crippen molar-refractivity contribution >= 4 is 5.91 Å². The van der Waals surface area contributed by atoms with Gasteiger partial charge in [0.15, 0.2) is 0 Å². The third-order valence-electron chi connectivity index (χ3n) is 7.74. The molecule has 0 saturated heterocycles. The first-order valence-corrected chi connectivity index (χ1v) is 17.5. The molecule has 7 heteroatoms. The minimum absolute atomic E-state index is 0.0165. The summed E-state index contributed by atoms with van der Waals surface area (Å²) in [6.45, 7) is 12.9. The van der Waals surface area contributed by atoms with Crippen LogP contribution in [-0.2, 0) is 19.0 Å². The zero-order chi connectivity index (χ0) is 30.2. The molecule has 0 aliphatic heterocycles. The molecule has 1 amide bonds. The summed E-state index contributed by atoms with van der Waals surface area (Å²) in [5.41, 5.74) is 0. The van der Waals surface area contributed by atoms with Gasteiger partial charge in [-0.2, -0.15) is 0 Å². The Labute approximate surface area is 254 Å². The van der Waals surface area contributed by atoms with Crippen LogP contribution in [0.3, 0.4) is 0 Å². The number of ether oxygens (including phenoxy) is 3. The van der Waals surface area contributed by atoms with E-state index in [9.17, 15) is 9.18 Å². The van der Waals surface area contributed by atoms with E-state index in [0.717, 1.165) is 32.2 Å². The third-order valence-corrected chi connectivity index (χ3v) is 7.74. The number of alkyl halides is 1. The highest BCUT2D eigenvalue weighted by Gasteiger charge is 2.19. The summed E-state index contributed by atoms with van der Waals surface area (Å²) in [6, 6.07) is 0.608. The van der Waals surface area contributed by atoms with Gasteiger partial charge in [0.2, 0.25) is 5.91 Å². The van der Waals surface area contributed by atoms with Gasteiger partial charge in [-0.05, 0) is 25.7 Å². The van der Waals surface area contributed by atoms with E-state index >= 15 is 0 Å². The molecular weight excluding hydrogens is 519 g/mol. The van der Waals surface area contributed by atoms with Gasteiger partial charge in [-0.3, -0.25) is 4.79 Å². The van der Waals surface area contributed by atoms with Gasteiger partial charge in [-0.1, -0.05) is 111 Å². The third kappa shape index (κ3) is 27.8. The van der Waals surface area contributed by atoms with Crippen molar-refractivity contribution in [1.29, 1.82) is 0 Å². The minimum Gasteiger partial charge on any atom is -0.379 e. The molecule has 2 unspecified atom stereocenters. The van der Waals surface area contributed by atoms with Crippen LogP contribution in [0.25, 0.3) is 0 Å². The Hall–Kier alpha value is -0.760. The SMILES string of the molecule is CCCCCCC(CCCCCC)C(=O)NCC(F)CCOCCOCCOCCNC(CCCC)CCCCC. The second kappa shape index (κ2) is 32.2. The van der Waals surface area contributed by atoms with E-state index in [2.05, 4.69) is 38.3 Å². The summed E-state index contributed by atoms with van der Waals surface area (Å²) in [6.07, 6.45) is 19.3. The molecular formula is C34H69FN2O4.